The zero-order valence-corrected chi connectivity index (χ0v) is 18.6. The van der Waals surface area contributed by atoms with E-state index in [2.05, 4.69) is 79.6 Å². The van der Waals surface area contributed by atoms with Crippen molar-refractivity contribution in [3.05, 3.63) is 63.6 Å². The highest BCUT2D eigenvalue weighted by Crippen LogP contribution is 2.33. The normalized spacial score (nSPS) is 10.1. The molecule has 2 aromatic carbocycles. The van der Waals surface area contributed by atoms with Crippen molar-refractivity contribution >= 4 is 79.6 Å². The lowest BCUT2D eigenvalue weighted by Crippen LogP contribution is -1.85. The molecule has 0 aliphatic heterocycles. The van der Waals surface area contributed by atoms with Gasteiger partial charge < -0.3 is 0 Å². The molecule has 0 spiro atoms. The van der Waals surface area contributed by atoms with Crippen LogP contribution < -0.4 is 0 Å². The van der Waals surface area contributed by atoms with Gasteiger partial charge in [0.25, 0.3) is 0 Å². The Balaban J connectivity index is 0.000000211. The van der Waals surface area contributed by atoms with Crippen LogP contribution in [0.15, 0.2) is 46.6 Å². The Morgan fingerprint density at radius 2 is 1.52 bits per heavy atom. The van der Waals surface area contributed by atoms with Gasteiger partial charge in [-0.25, -0.2) is 8.78 Å². The summed E-state index contributed by atoms with van der Waals surface area (Å²) in [6.45, 7) is 1.47. The number of aryl methyl sites for hydroxylation is 1. The first-order valence-corrected chi connectivity index (χ1v) is 9.54. The standard InChI is InChI=1S/C7H4Br3F.C7H5Br2F/c1-3-2-4(8)7(11)6(10)5(3)9;8-6-3-1-2-5(4-10)7(6)9/h2H,1H3;1-3H,4H2. The largest absolute Gasteiger partial charge is 0.246 e. The lowest BCUT2D eigenvalue weighted by molar-refractivity contribution is 0.484. The quantitative estimate of drug-likeness (QED) is 0.225. The molecule has 21 heavy (non-hydrogen) atoms. The van der Waals surface area contributed by atoms with E-state index in [0.29, 0.717) is 14.5 Å². The number of benzene rings is 2. The van der Waals surface area contributed by atoms with Crippen LogP contribution in [0.25, 0.3) is 0 Å². The van der Waals surface area contributed by atoms with Gasteiger partial charge in [-0.05, 0) is 110 Å². The van der Waals surface area contributed by atoms with Crippen LogP contribution in [0.2, 0.25) is 0 Å². The zero-order valence-electron chi connectivity index (χ0n) is 10.7. The maximum absolute atomic E-state index is 13.0. The van der Waals surface area contributed by atoms with Crippen molar-refractivity contribution in [2.45, 2.75) is 13.6 Å². The van der Waals surface area contributed by atoms with E-state index < -0.39 is 6.67 Å². The Labute approximate surface area is 164 Å². The molecule has 0 heterocycles. The van der Waals surface area contributed by atoms with Gasteiger partial charge in [-0.3, -0.25) is 0 Å². The summed E-state index contributed by atoms with van der Waals surface area (Å²) >= 11 is 16.0. The smallest absolute Gasteiger partial charge is 0.152 e. The lowest BCUT2D eigenvalue weighted by Gasteiger charge is -2.03. The number of hydrogen-bond donors (Lipinski definition) is 0. The Hall–Kier alpha value is 0.700. The molecular formula is C14H9Br5F2. The molecule has 0 saturated heterocycles. The van der Waals surface area contributed by atoms with Crippen molar-refractivity contribution in [2.75, 3.05) is 0 Å². The van der Waals surface area contributed by atoms with Gasteiger partial charge in [0.1, 0.15) is 6.67 Å². The Morgan fingerprint density at radius 3 is 2.05 bits per heavy atom. The molecule has 7 heteroatoms. The van der Waals surface area contributed by atoms with Crippen LogP contribution in [-0.4, -0.2) is 0 Å². The second kappa shape index (κ2) is 9.11. The first-order valence-electron chi connectivity index (χ1n) is 5.58. The predicted molar refractivity (Wildman–Crippen MR) is 101 cm³/mol. The monoisotopic (exact) mass is 610 g/mol. The van der Waals surface area contributed by atoms with Gasteiger partial charge in [-0.2, -0.15) is 0 Å². The molecule has 0 atom stereocenters. The molecule has 114 valence electrons. The van der Waals surface area contributed by atoms with Crippen LogP contribution >= 0.6 is 79.6 Å². The first-order chi connectivity index (χ1) is 9.79. The zero-order chi connectivity index (χ0) is 16.2. The van der Waals surface area contributed by atoms with Crippen molar-refractivity contribution in [2.24, 2.45) is 0 Å². The molecule has 0 fully saturated rings. The molecule has 0 saturated carbocycles. The number of hydrogen-bond acceptors (Lipinski definition) is 0. The summed E-state index contributed by atoms with van der Waals surface area (Å²) < 4.78 is 28.6. The molecule has 2 aromatic rings. The van der Waals surface area contributed by atoms with E-state index in [9.17, 15) is 8.78 Å². The fourth-order valence-electron chi connectivity index (χ4n) is 1.34. The minimum atomic E-state index is -0.431. The minimum Gasteiger partial charge on any atom is -0.246 e. The minimum absolute atomic E-state index is 0.275. The van der Waals surface area contributed by atoms with Gasteiger partial charge in [0.2, 0.25) is 0 Å². The van der Waals surface area contributed by atoms with Crippen molar-refractivity contribution in [3.63, 3.8) is 0 Å². The van der Waals surface area contributed by atoms with E-state index >= 15 is 0 Å². The average Bonchev–Trinajstić information content (AvgIpc) is 2.46. The van der Waals surface area contributed by atoms with Gasteiger partial charge in [0.05, 0.1) is 8.95 Å². The number of halogens is 7. The molecule has 0 amide bonds. The lowest BCUT2D eigenvalue weighted by atomic mass is 10.2. The highest BCUT2D eigenvalue weighted by atomic mass is 79.9. The fraction of sp³-hybridized carbons (Fsp3) is 0.143. The van der Waals surface area contributed by atoms with Gasteiger partial charge in [-0.15, -0.1) is 0 Å². The number of alkyl halides is 1. The highest BCUT2D eigenvalue weighted by molar-refractivity contribution is 9.13. The van der Waals surface area contributed by atoms with Crippen molar-refractivity contribution < 1.29 is 8.78 Å². The van der Waals surface area contributed by atoms with E-state index in [1.807, 2.05) is 19.1 Å². The summed E-state index contributed by atoms with van der Waals surface area (Å²) in [5, 5.41) is 0. The van der Waals surface area contributed by atoms with Crippen molar-refractivity contribution in [1.29, 1.82) is 0 Å². The second-order valence-electron chi connectivity index (χ2n) is 3.96. The Bertz CT molecular complexity index is 617. The van der Waals surface area contributed by atoms with Gasteiger partial charge in [0.15, 0.2) is 5.82 Å². The Kier molecular flexibility index (Phi) is 8.56. The summed E-state index contributed by atoms with van der Waals surface area (Å²) in [6, 6.07) is 7.14. The molecule has 2 rings (SSSR count). The number of rotatable bonds is 1. The van der Waals surface area contributed by atoms with Crippen LogP contribution in [0.4, 0.5) is 8.78 Å². The van der Waals surface area contributed by atoms with E-state index in [-0.39, 0.29) is 5.82 Å². The first kappa shape index (κ1) is 19.7. The predicted octanol–water partition coefficient (Wildman–Crippen LogP) is 8.10. The third-order valence-electron chi connectivity index (χ3n) is 2.46. The van der Waals surface area contributed by atoms with Gasteiger partial charge >= 0.3 is 0 Å². The maximum Gasteiger partial charge on any atom is 0.152 e. The fourth-order valence-corrected chi connectivity index (χ4v) is 3.74. The molecule has 0 nitrogen and oxygen atoms in total. The topological polar surface area (TPSA) is 0 Å². The molecule has 0 aliphatic rings. The Morgan fingerprint density at radius 1 is 0.905 bits per heavy atom. The van der Waals surface area contributed by atoms with E-state index in [4.69, 9.17) is 0 Å². The maximum atomic E-state index is 13.0. The van der Waals surface area contributed by atoms with E-state index in [0.717, 1.165) is 19.0 Å². The van der Waals surface area contributed by atoms with E-state index in [1.165, 1.54) is 0 Å². The SMILES string of the molecule is Cc1cc(Br)c(F)c(Br)c1Br.FCc1cccc(Br)c1Br. The third-order valence-corrected chi connectivity index (χ3v) is 7.47. The van der Waals surface area contributed by atoms with Crippen LogP contribution in [0, 0.1) is 12.7 Å². The summed E-state index contributed by atoms with van der Waals surface area (Å²) in [5.74, 6) is -0.275. The van der Waals surface area contributed by atoms with Crippen LogP contribution in [0.1, 0.15) is 11.1 Å². The van der Waals surface area contributed by atoms with Crippen LogP contribution in [0.3, 0.4) is 0 Å². The average molecular weight is 615 g/mol. The molecule has 0 radical (unpaired) electrons. The molecular weight excluding hydrogens is 606 g/mol. The van der Waals surface area contributed by atoms with Crippen LogP contribution in [-0.2, 0) is 6.67 Å². The molecule has 0 N–H and O–H groups in total. The summed E-state index contributed by atoms with van der Waals surface area (Å²) in [6.07, 6.45) is 0. The molecule has 0 aliphatic carbocycles. The third kappa shape index (κ3) is 5.37. The second-order valence-corrected chi connectivity index (χ2v) is 8.05. The van der Waals surface area contributed by atoms with Crippen molar-refractivity contribution in [1.82, 2.24) is 0 Å². The van der Waals surface area contributed by atoms with Gasteiger partial charge in [0, 0.05) is 13.4 Å². The van der Waals surface area contributed by atoms with Gasteiger partial charge in [-0.1, -0.05) is 12.1 Å². The summed E-state index contributed by atoms with van der Waals surface area (Å²) in [7, 11) is 0. The summed E-state index contributed by atoms with van der Waals surface area (Å²) in [5.41, 5.74) is 1.67. The van der Waals surface area contributed by atoms with E-state index in [1.54, 1.807) is 12.1 Å². The summed E-state index contributed by atoms with van der Waals surface area (Å²) in [4.78, 5) is 0. The highest BCUT2D eigenvalue weighted by Gasteiger charge is 2.10. The molecule has 0 bridgehead atoms. The van der Waals surface area contributed by atoms with Crippen LogP contribution in [0.5, 0.6) is 0 Å². The van der Waals surface area contributed by atoms with Crippen molar-refractivity contribution in [3.8, 4) is 0 Å². The molecule has 0 aromatic heterocycles. The molecule has 0 unspecified atom stereocenters.